The maximum absolute atomic E-state index is 12.3. The molecule has 1 saturated carbocycles. The summed E-state index contributed by atoms with van der Waals surface area (Å²) < 4.78 is 1.80. The van der Waals surface area contributed by atoms with Crippen LogP contribution in [0.3, 0.4) is 0 Å². The Morgan fingerprint density at radius 3 is 2.67 bits per heavy atom. The molecule has 1 N–H and O–H groups in total. The fourth-order valence-electron chi connectivity index (χ4n) is 3.13. The Labute approximate surface area is 126 Å². The molecule has 0 radical (unpaired) electrons. The molecule has 1 heterocycles. The third kappa shape index (κ3) is 3.84. The lowest BCUT2D eigenvalue weighted by Crippen LogP contribution is -2.35. The average Bonchev–Trinajstić information content (AvgIpc) is 2.96. The third-order valence-corrected chi connectivity index (χ3v) is 4.33. The van der Waals surface area contributed by atoms with E-state index in [1.165, 1.54) is 0 Å². The molecule has 1 fully saturated rings. The molecule has 21 heavy (non-hydrogen) atoms. The van der Waals surface area contributed by atoms with Crippen molar-refractivity contribution in [3.8, 4) is 0 Å². The first-order valence-electron chi connectivity index (χ1n) is 7.79. The lowest BCUT2D eigenvalue weighted by atomic mass is 9.97. The maximum atomic E-state index is 12.3. The van der Waals surface area contributed by atoms with E-state index in [0.717, 1.165) is 36.9 Å². The van der Waals surface area contributed by atoms with Gasteiger partial charge in [-0.15, -0.1) is 0 Å². The number of hydrogen-bond donors (Lipinski definition) is 1. The van der Waals surface area contributed by atoms with Gasteiger partial charge in [0.2, 0.25) is 5.91 Å². The van der Waals surface area contributed by atoms with Crippen molar-refractivity contribution in [1.29, 1.82) is 0 Å². The fourth-order valence-corrected chi connectivity index (χ4v) is 3.13. The highest BCUT2D eigenvalue weighted by molar-refractivity contribution is 5.77. The van der Waals surface area contributed by atoms with Gasteiger partial charge in [-0.25, -0.2) is 0 Å². The molecule has 118 valence electrons. The van der Waals surface area contributed by atoms with Crippen molar-refractivity contribution in [3.05, 3.63) is 17.5 Å². The largest absolute Gasteiger partial charge is 0.389 e. The summed E-state index contributed by atoms with van der Waals surface area (Å²) in [4.78, 5) is 14.0. The van der Waals surface area contributed by atoms with Crippen LogP contribution in [0.1, 0.15) is 63.1 Å². The SMILES string of the molecule is CC(C)c1nn(C)cc1CN(C)C(=O)CC1(O)CCCC1. The standard InChI is InChI=1S/C16H27N3O2/c1-12(2)15-13(11-19(4)17-15)10-18(3)14(20)9-16(21)7-5-6-8-16/h11-12,21H,5-10H2,1-4H3. The predicted octanol–water partition coefficient (Wildman–Crippen LogP) is 2.20. The van der Waals surface area contributed by atoms with Gasteiger partial charge < -0.3 is 10.0 Å². The van der Waals surface area contributed by atoms with Gasteiger partial charge >= 0.3 is 0 Å². The van der Waals surface area contributed by atoms with E-state index in [1.807, 2.05) is 13.2 Å². The molecular weight excluding hydrogens is 266 g/mol. The van der Waals surface area contributed by atoms with Crippen LogP contribution in [0, 0.1) is 0 Å². The van der Waals surface area contributed by atoms with Crippen LogP contribution in [-0.4, -0.2) is 38.3 Å². The number of amides is 1. The number of rotatable bonds is 5. The molecule has 0 unspecified atom stereocenters. The van der Waals surface area contributed by atoms with Crippen molar-refractivity contribution in [1.82, 2.24) is 14.7 Å². The first kappa shape index (κ1) is 16.0. The number of nitrogens with zero attached hydrogens (tertiary/aromatic N) is 3. The Morgan fingerprint density at radius 1 is 1.48 bits per heavy atom. The van der Waals surface area contributed by atoms with E-state index in [2.05, 4.69) is 18.9 Å². The molecule has 0 atom stereocenters. The summed E-state index contributed by atoms with van der Waals surface area (Å²) in [5.41, 5.74) is 1.35. The number of aryl methyl sites for hydroxylation is 1. The topological polar surface area (TPSA) is 58.4 Å². The first-order chi connectivity index (χ1) is 9.81. The van der Waals surface area contributed by atoms with E-state index >= 15 is 0 Å². The first-order valence-corrected chi connectivity index (χ1v) is 7.79. The lowest BCUT2D eigenvalue weighted by Gasteiger charge is -2.25. The molecule has 1 amide bonds. The van der Waals surface area contributed by atoms with E-state index in [-0.39, 0.29) is 12.3 Å². The van der Waals surface area contributed by atoms with Crippen LogP contribution in [0.25, 0.3) is 0 Å². The molecule has 1 aromatic rings. The van der Waals surface area contributed by atoms with Crippen LogP contribution in [0.5, 0.6) is 0 Å². The monoisotopic (exact) mass is 293 g/mol. The Hall–Kier alpha value is -1.36. The van der Waals surface area contributed by atoms with Crippen LogP contribution < -0.4 is 0 Å². The Balaban J connectivity index is 2.00. The quantitative estimate of drug-likeness (QED) is 0.905. The number of aliphatic hydroxyl groups is 1. The zero-order chi connectivity index (χ0) is 15.6. The molecular formula is C16H27N3O2. The number of carbonyl (C=O) groups is 1. The molecule has 0 saturated heterocycles. The van der Waals surface area contributed by atoms with Gasteiger partial charge in [-0.05, 0) is 18.8 Å². The minimum absolute atomic E-state index is 0.0120. The van der Waals surface area contributed by atoms with Gasteiger partial charge in [-0.1, -0.05) is 26.7 Å². The molecule has 0 bridgehead atoms. The molecule has 1 aromatic heterocycles. The summed E-state index contributed by atoms with van der Waals surface area (Å²) in [6.07, 6.45) is 5.75. The van der Waals surface area contributed by atoms with E-state index in [9.17, 15) is 9.90 Å². The lowest BCUT2D eigenvalue weighted by molar-refractivity contribution is -0.135. The molecule has 5 heteroatoms. The van der Waals surface area contributed by atoms with Gasteiger partial charge in [-0.2, -0.15) is 5.10 Å². The fraction of sp³-hybridized carbons (Fsp3) is 0.750. The molecule has 0 aliphatic heterocycles. The van der Waals surface area contributed by atoms with Gasteiger partial charge in [-0.3, -0.25) is 9.48 Å². The van der Waals surface area contributed by atoms with Crippen molar-refractivity contribution < 1.29 is 9.90 Å². The molecule has 1 aliphatic carbocycles. The van der Waals surface area contributed by atoms with Gasteiger partial charge in [0.25, 0.3) is 0 Å². The Bertz CT molecular complexity index is 502. The zero-order valence-corrected chi connectivity index (χ0v) is 13.6. The van der Waals surface area contributed by atoms with Crippen LogP contribution in [0.15, 0.2) is 6.20 Å². The highest BCUT2D eigenvalue weighted by Crippen LogP contribution is 2.32. The normalized spacial score (nSPS) is 17.4. The van der Waals surface area contributed by atoms with Crippen molar-refractivity contribution in [2.24, 2.45) is 7.05 Å². The molecule has 2 rings (SSSR count). The molecule has 0 aromatic carbocycles. The Morgan fingerprint density at radius 2 is 2.10 bits per heavy atom. The predicted molar refractivity (Wildman–Crippen MR) is 81.8 cm³/mol. The second-order valence-electron chi connectivity index (χ2n) is 6.73. The summed E-state index contributed by atoms with van der Waals surface area (Å²) in [7, 11) is 3.70. The van der Waals surface area contributed by atoms with E-state index in [1.54, 1.807) is 16.6 Å². The zero-order valence-electron chi connectivity index (χ0n) is 13.6. The number of aromatic nitrogens is 2. The second kappa shape index (κ2) is 6.18. The van der Waals surface area contributed by atoms with E-state index in [4.69, 9.17) is 0 Å². The van der Waals surface area contributed by atoms with Crippen molar-refractivity contribution in [3.63, 3.8) is 0 Å². The van der Waals surface area contributed by atoms with E-state index < -0.39 is 5.60 Å². The van der Waals surface area contributed by atoms with Crippen LogP contribution in [-0.2, 0) is 18.4 Å². The third-order valence-electron chi connectivity index (χ3n) is 4.33. The summed E-state index contributed by atoms with van der Waals surface area (Å²) >= 11 is 0. The summed E-state index contributed by atoms with van der Waals surface area (Å²) in [6, 6.07) is 0. The second-order valence-corrected chi connectivity index (χ2v) is 6.73. The van der Waals surface area contributed by atoms with Gasteiger partial charge in [0.05, 0.1) is 17.7 Å². The van der Waals surface area contributed by atoms with Crippen molar-refractivity contribution in [2.45, 2.75) is 64.0 Å². The van der Waals surface area contributed by atoms with Crippen molar-refractivity contribution >= 4 is 5.91 Å². The molecule has 0 spiro atoms. The molecule has 1 aliphatic rings. The maximum Gasteiger partial charge on any atom is 0.225 e. The number of hydrogen-bond acceptors (Lipinski definition) is 3. The van der Waals surface area contributed by atoms with Crippen LogP contribution in [0.4, 0.5) is 0 Å². The minimum Gasteiger partial charge on any atom is -0.389 e. The summed E-state index contributed by atoms with van der Waals surface area (Å²) in [5, 5.41) is 14.8. The van der Waals surface area contributed by atoms with Gasteiger partial charge in [0.15, 0.2) is 0 Å². The van der Waals surface area contributed by atoms with Gasteiger partial charge in [0.1, 0.15) is 0 Å². The number of carbonyl (C=O) groups excluding carboxylic acids is 1. The average molecular weight is 293 g/mol. The van der Waals surface area contributed by atoms with Crippen LogP contribution >= 0.6 is 0 Å². The van der Waals surface area contributed by atoms with E-state index in [0.29, 0.717) is 12.5 Å². The van der Waals surface area contributed by atoms with Gasteiger partial charge in [0, 0.05) is 32.4 Å². The highest BCUT2D eigenvalue weighted by Gasteiger charge is 2.34. The summed E-state index contributed by atoms with van der Waals surface area (Å²) in [6.45, 7) is 4.76. The van der Waals surface area contributed by atoms with Crippen LogP contribution in [0.2, 0.25) is 0 Å². The smallest absolute Gasteiger partial charge is 0.225 e. The Kier molecular flexibility index (Phi) is 4.71. The summed E-state index contributed by atoms with van der Waals surface area (Å²) in [5.74, 6) is 0.349. The molecule has 5 nitrogen and oxygen atoms in total. The highest BCUT2D eigenvalue weighted by atomic mass is 16.3. The van der Waals surface area contributed by atoms with Crippen molar-refractivity contribution in [2.75, 3.05) is 7.05 Å². The minimum atomic E-state index is -0.777.